The summed E-state index contributed by atoms with van der Waals surface area (Å²) >= 11 is 0. The van der Waals surface area contributed by atoms with Crippen LogP contribution in [-0.4, -0.2) is 24.0 Å². The highest BCUT2D eigenvalue weighted by molar-refractivity contribution is 5.22. The monoisotopic (exact) mass is 276 g/mol. The molecular weight excluding hydrogens is 251 g/mol. The SMILES string of the molecule is CC(N)C(c1cccc(F)c1)N(CC1CC1)CC1CC1. The molecule has 3 heteroatoms. The molecule has 2 unspecified atom stereocenters. The highest BCUT2D eigenvalue weighted by atomic mass is 19.1. The first-order valence-corrected chi connectivity index (χ1v) is 7.88. The first kappa shape index (κ1) is 14.0. The van der Waals surface area contributed by atoms with Crippen LogP contribution < -0.4 is 5.73 Å². The molecule has 0 radical (unpaired) electrons. The van der Waals surface area contributed by atoms with Gasteiger partial charge >= 0.3 is 0 Å². The van der Waals surface area contributed by atoms with Crippen molar-refractivity contribution in [2.24, 2.45) is 17.6 Å². The Hall–Kier alpha value is -0.930. The van der Waals surface area contributed by atoms with Crippen LogP contribution in [0.2, 0.25) is 0 Å². The van der Waals surface area contributed by atoms with E-state index in [9.17, 15) is 4.39 Å². The van der Waals surface area contributed by atoms with Gasteiger partial charge in [-0.05, 0) is 62.1 Å². The second kappa shape index (κ2) is 5.82. The second-order valence-electron chi connectivity index (χ2n) is 6.70. The molecule has 3 rings (SSSR count). The van der Waals surface area contributed by atoms with Crippen LogP contribution in [0.15, 0.2) is 24.3 Å². The molecule has 2 fully saturated rings. The van der Waals surface area contributed by atoms with E-state index in [4.69, 9.17) is 5.73 Å². The van der Waals surface area contributed by atoms with E-state index in [0.29, 0.717) is 0 Å². The zero-order chi connectivity index (χ0) is 14.1. The lowest BCUT2D eigenvalue weighted by molar-refractivity contribution is 0.161. The normalized spacial score (nSPS) is 22.0. The Balaban J connectivity index is 1.80. The summed E-state index contributed by atoms with van der Waals surface area (Å²) in [6.45, 7) is 4.29. The van der Waals surface area contributed by atoms with Gasteiger partial charge in [0, 0.05) is 25.2 Å². The van der Waals surface area contributed by atoms with Gasteiger partial charge in [-0.15, -0.1) is 0 Å². The summed E-state index contributed by atoms with van der Waals surface area (Å²) in [5.41, 5.74) is 7.28. The number of rotatable bonds is 7. The van der Waals surface area contributed by atoms with Gasteiger partial charge in [-0.3, -0.25) is 4.90 Å². The second-order valence-corrected chi connectivity index (χ2v) is 6.70. The third-order valence-corrected chi connectivity index (χ3v) is 4.46. The van der Waals surface area contributed by atoms with Crippen LogP contribution in [0.5, 0.6) is 0 Å². The molecule has 2 N–H and O–H groups in total. The molecule has 2 atom stereocenters. The van der Waals surface area contributed by atoms with Crippen LogP contribution in [0.1, 0.15) is 44.2 Å². The first-order valence-electron chi connectivity index (χ1n) is 7.88. The van der Waals surface area contributed by atoms with Crippen molar-refractivity contribution >= 4 is 0 Å². The van der Waals surface area contributed by atoms with Gasteiger partial charge in [0.25, 0.3) is 0 Å². The van der Waals surface area contributed by atoms with Crippen LogP contribution in [-0.2, 0) is 0 Å². The molecule has 2 nitrogen and oxygen atoms in total. The molecule has 0 heterocycles. The van der Waals surface area contributed by atoms with E-state index >= 15 is 0 Å². The van der Waals surface area contributed by atoms with Crippen LogP contribution >= 0.6 is 0 Å². The zero-order valence-corrected chi connectivity index (χ0v) is 12.3. The lowest BCUT2D eigenvalue weighted by Gasteiger charge is -2.35. The van der Waals surface area contributed by atoms with Crippen molar-refractivity contribution in [3.8, 4) is 0 Å². The minimum atomic E-state index is -0.161. The average molecular weight is 276 g/mol. The number of nitrogens with zero attached hydrogens (tertiary/aromatic N) is 1. The van der Waals surface area contributed by atoms with Crippen molar-refractivity contribution in [2.45, 2.75) is 44.7 Å². The van der Waals surface area contributed by atoms with Crippen LogP contribution in [0, 0.1) is 17.7 Å². The molecule has 2 saturated carbocycles. The van der Waals surface area contributed by atoms with E-state index in [2.05, 4.69) is 4.90 Å². The summed E-state index contributed by atoms with van der Waals surface area (Å²) in [6.07, 6.45) is 5.37. The Morgan fingerprint density at radius 2 is 1.80 bits per heavy atom. The maximum absolute atomic E-state index is 13.5. The summed E-state index contributed by atoms with van der Waals surface area (Å²) in [7, 11) is 0. The lowest BCUT2D eigenvalue weighted by Crippen LogP contribution is -2.41. The molecule has 0 spiro atoms. The number of hydrogen-bond acceptors (Lipinski definition) is 2. The molecule has 0 aliphatic heterocycles. The van der Waals surface area contributed by atoms with Gasteiger partial charge in [-0.25, -0.2) is 4.39 Å². The number of benzene rings is 1. The van der Waals surface area contributed by atoms with Gasteiger partial charge in [0.05, 0.1) is 0 Å². The predicted molar refractivity (Wildman–Crippen MR) is 79.8 cm³/mol. The Morgan fingerprint density at radius 1 is 1.20 bits per heavy atom. The molecule has 2 aliphatic rings. The van der Waals surface area contributed by atoms with Gasteiger partial charge < -0.3 is 5.73 Å². The molecule has 0 saturated heterocycles. The number of halogens is 1. The molecule has 110 valence electrons. The van der Waals surface area contributed by atoms with Crippen molar-refractivity contribution in [3.05, 3.63) is 35.6 Å². The van der Waals surface area contributed by atoms with Crippen molar-refractivity contribution < 1.29 is 4.39 Å². The fourth-order valence-corrected chi connectivity index (χ4v) is 3.10. The van der Waals surface area contributed by atoms with E-state index in [1.165, 1.54) is 31.7 Å². The van der Waals surface area contributed by atoms with Crippen LogP contribution in [0.25, 0.3) is 0 Å². The smallest absolute Gasteiger partial charge is 0.123 e. The third-order valence-electron chi connectivity index (χ3n) is 4.46. The van der Waals surface area contributed by atoms with Gasteiger partial charge in [-0.2, -0.15) is 0 Å². The standard InChI is InChI=1S/C17H25FN2/c1-12(19)17(15-3-2-4-16(18)9-15)20(10-13-5-6-13)11-14-7-8-14/h2-4,9,12-14,17H,5-8,10-11,19H2,1H3. The number of nitrogens with two attached hydrogens (primary N) is 1. The van der Waals surface area contributed by atoms with E-state index in [1.54, 1.807) is 12.1 Å². The van der Waals surface area contributed by atoms with Crippen molar-refractivity contribution in [1.29, 1.82) is 0 Å². The maximum atomic E-state index is 13.5. The van der Waals surface area contributed by atoms with Gasteiger partial charge in [0.2, 0.25) is 0 Å². The highest BCUT2D eigenvalue weighted by Crippen LogP contribution is 2.37. The molecule has 0 bridgehead atoms. The van der Waals surface area contributed by atoms with Crippen LogP contribution in [0.3, 0.4) is 0 Å². The Bertz CT molecular complexity index is 438. The average Bonchev–Trinajstić information content (AvgIpc) is 3.24. The van der Waals surface area contributed by atoms with E-state index in [0.717, 1.165) is 30.5 Å². The summed E-state index contributed by atoms with van der Waals surface area (Å²) in [5.74, 6) is 1.51. The predicted octanol–water partition coefficient (Wildman–Crippen LogP) is 3.34. The molecular formula is C17H25FN2. The molecule has 1 aromatic rings. The zero-order valence-electron chi connectivity index (χ0n) is 12.3. The maximum Gasteiger partial charge on any atom is 0.123 e. The Morgan fingerprint density at radius 3 is 2.25 bits per heavy atom. The summed E-state index contributed by atoms with van der Waals surface area (Å²) in [5, 5.41) is 0. The Kier molecular flexibility index (Phi) is 4.08. The highest BCUT2D eigenvalue weighted by Gasteiger charge is 2.34. The number of hydrogen-bond donors (Lipinski definition) is 1. The molecule has 0 amide bonds. The lowest BCUT2D eigenvalue weighted by atomic mass is 9.98. The van der Waals surface area contributed by atoms with Gasteiger partial charge in [-0.1, -0.05) is 12.1 Å². The minimum Gasteiger partial charge on any atom is -0.326 e. The van der Waals surface area contributed by atoms with Crippen molar-refractivity contribution in [2.75, 3.05) is 13.1 Å². The first-order chi connectivity index (χ1) is 9.63. The minimum absolute atomic E-state index is 0.0225. The quantitative estimate of drug-likeness (QED) is 0.827. The third kappa shape index (κ3) is 3.58. The fraction of sp³-hybridized carbons (Fsp3) is 0.647. The van der Waals surface area contributed by atoms with Gasteiger partial charge in [0.1, 0.15) is 5.82 Å². The largest absolute Gasteiger partial charge is 0.326 e. The van der Waals surface area contributed by atoms with Crippen molar-refractivity contribution in [3.63, 3.8) is 0 Å². The summed E-state index contributed by atoms with van der Waals surface area (Å²) in [4.78, 5) is 2.52. The van der Waals surface area contributed by atoms with Crippen molar-refractivity contribution in [1.82, 2.24) is 4.90 Å². The van der Waals surface area contributed by atoms with E-state index in [-0.39, 0.29) is 17.9 Å². The fourth-order valence-electron chi connectivity index (χ4n) is 3.10. The topological polar surface area (TPSA) is 29.3 Å². The summed E-state index contributed by atoms with van der Waals surface area (Å²) < 4.78 is 13.5. The van der Waals surface area contributed by atoms with E-state index in [1.807, 2.05) is 13.0 Å². The Labute approximate surface area is 121 Å². The molecule has 1 aromatic carbocycles. The van der Waals surface area contributed by atoms with Gasteiger partial charge in [0.15, 0.2) is 0 Å². The van der Waals surface area contributed by atoms with E-state index < -0.39 is 0 Å². The molecule has 2 aliphatic carbocycles. The summed E-state index contributed by atoms with van der Waals surface area (Å²) in [6, 6.07) is 7.15. The molecule has 0 aromatic heterocycles. The van der Waals surface area contributed by atoms with Crippen LogP contribution in [0.4, 0.5) is 4.39 Å². The molecule has 20 heavy (non-hydrogen) atoms.